The largest absolute Gasteiger partial charge is 0.401 e. The molecule has 8 heteroatoms. The van der Waals surface area contributed by atoms with Crippen LogP contribution in [0.15, 0.2) is 83.9 Å². The van der Waals surface area contributed by atoms with Gasteiger partial charge in [0.1, 0.15) is 6.04 Å². The smallest absolute Gasteiger partial charge is 0.262 e. The topological polar surface area (TPSA) is 113 Å². The Kier molecular flexibility index (Phi) is 7.93. The fourth-order valence-corrected chi connectivity index (χ4v) is 4.86. The zero-order chi connectivity index (χ0) is 22.3. The number of rotatable bonds is 9. The molecule has 0 bridgehead atoms. The van der Waals surface area contributed by atoms with Crippen molar-refractivity contribution in [2.24, 2.45) is 11.7 Å². The Labute approximate surface area is 177 Å². The summed E-state index contributed by atoms with van der Waals surface area (Å²) in [6.45, 7) is 6.72. The predicted molar refractivity (Wildman–Crippen MR) is 118 cm³/mol. The molecule has 0 spiro atoms. The van der Waals surface area contributed by atoms with Crippen LogP contribution in [-0.4, -0.2) is 36.4 Å². The first-order valence-corrected chi connectivity index (χ1v) is 10.8. The number of hydrogen-bond acceptors (Lipinski definition) is 5. The third-order valence-electron chi connectivity index (χ3n) is 4.54. The number of sulfonamides is 1. The number of fused-ring (bicyclic) bond motifs is 1. The van der Waals surface area contributed by atoms with Crippen LogP contribution in [0.2, 0.25) is 0 Å². The number of allylic oxidation sites excluding steroid dienone is 4. The SMILES string of the molecule is C=C/C=C\C=C(/N)CN([C@@H](C(=O)NO)C(C)C)S(=O)(=O)c1ccc2ccccc2c1. The van der Waals surface area contributed by atoms with E-state index in [0.29, 0.717) is 0 Å². The van der Waals surface area contributed by atoms with E-state index in [2.05, 4.69) is 6.58 Å². The van der Waals surface area contributed by atoms with Gasteiger partial charge in [0.05, 0.1) is 11.4 Å². The van der Waals surface area contributed by atoms with Gasteiger partial charge in [-0.1, -0.05) is 69.0 Å². The van der Waals surface area contributed by atoms with Gasteiger partial charge in [-0.25, -0.2) is 13.9 Å². The number of benzene rings is 2. The first-order valence-electron chi connectivity index (χ1n) is 9.40. The van der Waals surface area contributed by atoms with Crippen LogP contribution in [-0.2, 0) is 14.8 Å². The van der Waals surface area contributed by atoms with Gasteiger partial charge in [0.15, 0.2) is 0 Å². The highest BCUT2D eigenvalue weighted by molar-refractivity contribution is 7.89. The highest BCUT2D eigenvalue weighted by Crippen LogP contribution is 2.26. The minimum Gasteiger partial charge on any atom is -0.401 e. The maximum absolute atomic E-state index is 13.6. The van der Waals surface area contributed by atoms with Crippen molar-refractivity contribution in [1.29, 1.82) is 0 Å². The van der Waals surface area contributed by atoms with Crippen molar-refractivity contribution in [3.8, 4) is 0 Å². The quantitative estimate of drug-likeness (QED) is 0.322. The molecule has 160 valence electrons. The molecule has 2 aromatic rings. The van der Waals surface area contributed by atoms with Crippen LogP contribution in [0.3, 0.4) is 0 Å². The number of hydrogen-bond donors (Lipinski definition) is 3. The van der Waals surface area contributed by atoms with Gasteiger partial charge in [-0.2, -0.15) is 4.31 Å². The van der Waals surface area contributed by atoms with Gasteiger partial charge in [0.25, 0.3) is 5.91 Å². The molecule has 7 nitrogen and oxygen atoms in total. The van der Waals surface area contributed by atoms with Gasteiger partial charge in [-0.05, 0) is 34.9 Å². The van der Waals surface area contributed by atoms with E-state index in [-0.39, 0.29) is 17.1 Å². The molecule has 0 aromatic heterocycles. The van der Waals surface area contributed by atoms with E-state index < -0.39 is 27.9 Å². The van der Waals surface area contributed by atoms with E-state index in [9.17, 15) is 18.4 Å². The van der Waals surface area contributed by atoms with Crippen LogP contribution >= 0.6 is 0 Å². The third kappa shape index (κ3) is 5.35. The van der Waals surface area contributed by atoms with Gasteiger partial charge in [0, 0.05) is 5.70 Å². The average molecular weight is 430 g/mol. The van der Waals surface area contributed by atoms with Gasteiger partial charge in [0.2, 0.25) is 10.0 Å². The lowest BCUT2D eigenvalue weighted by Crippen LogP contribution is -2.52. The number of hydroxylamine groups is 1. The number of nitrogens with zero attached hydrogens (tertiary/aromatic N) is 1. The van der Waals surface area contributed by atoms with Gasteiger partial charge >= 0.3 is 0 Å². The Morgan fingerprint density at radius 1 is 1.20 bits per heavy atom. The second-order valence-corrected chi connectivity index (χ2v) is 8.98. The lowest BCUT2D eigenvalue weighted by atomic mass is 10.0. The minimum absolute atomic E-state index is 0.0343. The minimum atomic E-state index is -4.12. The zero-order valence-corrected chi connectivity index (χ0v) is 17.8. The van der Waals surface area contributed by atoms with E-state index in [1.54, 1.807) is 55.8 Å². The van der Waals surface area contributed by atoms with Gasteiger partial charge in [-0.3, -0.25) is 10.0 Å². The molecule has 0 heterocycles. The summed E-state index contributed by atoms with van der Waals surface area (Å²) in [5.41, 5.74) is 7.84. The molecule has 1 amide bonds. The summed E-state index contributed by atoms with van der Waals surface area (Å²) in [6, 6.07) is 11.0. The van der Waals surface area contributed by atoms with Crippen molar-refractivity contribution in [1.82, 2.24) is 9.79 Å². The number of nitrogens with one attached hydrogen (secondary N) is 1. The summed E-state index contributed by atoms with van der Waals surface area (Å²) in [6.07, 6.45) is 6.37. The molecule has 30 heavy (non-hydrogen) atoms. The van der Waals surface area contributed by atoms with Crippen LogP contribution in [0.4, 0.5) is 0 Å². The fourth-order valence-electron chi connectivity index (χ4n) is 3.12. The van der Waals surface area contributed by atoms with Crippen molar-refractivity contribution in [3.63, 3.8) is 0 Å². The molecule has 0 saturated heterocycles. The van der Waals surface area contributed by atoms with Crippen molar-refractivity contribution >= 4 is 26.7 Å². The molecular formula is C22H27N3O4S. The van der Waals surface area contributed by atoms with Crippen molar-refractivity contribution in [2.45, 2.75) is 24.8 Å². The van der Waals surface area contributed by atoms with Gasteiger partial charge in [-0.15, -0.1) is 0 Å². The fraction of sp³-hybridized carbons (Fsp3) is 0.227. The number of nitrogens with two attached hydrogens (primary N) is 1. The zero-order valence-electron chi connectivity index (χ0n) is 17.0. The summed E-state index contributed by atoms with van der Waals surface area (Å²) in [5, 5.41) is 10.8. The van der Waals surface area contributed by atoms with Crippen molar-refractivity contribution in [2.75, 3.05) is 6.54 Å². The van der Waals surface area contributed by atoms with E-state index >= 15 is 0 Å². The van der Waals surface area contributed by atoms with E-state index in [0.717, 1.165) is 15.1 Å². The van der Waals surface area contributed by atoms with Crippen LogP contribution in [0.25, 0.3) is 10.8 Å². The number of amides is 1. The first kappa shape index (κ1) is 23.3. The monoisotopic (exact) mass is 429 g/mol. The lowest BCUT2D eigenvalue weighted by molar-refractivity contribution is -0.134. The van der Waals surface area contributed by atoms with Crippen LogP contribution < -0.4 is 11.2 Å². The van der Waals surface area contributed by atoms with Crippen molar-refractivity contribution < 1.29 is 18.4 Å². The summed E-state index contributed by atoms with van der Waals surface area (Å²) in [5.74, 6) is -1.26. The molecule has 0 aliphatic carbocycles. The molecule has 0 saturated carbocycles. The maximum Gasteiger partial charge on any atom is 0.262 e. The van der Waals surface area contributed by atoms with Crippen LogP contribution in [0.1, 0.15) is 13.8 Å². The maximum atomic E-state index is 13.6. The molecule has 1 atom stereocenters. The highest BCUT2D eigenvalue weighted by atomic mass is 32.2. The summed E-state index contributed by atoms with van der Waals surface area (Å²) in [7, 11) is -4.12. The second-order valence-electron chi connectivity index (χ2n) is 7.09. The van der Waals surface area contributed by atoms with E-state index in [4.69, 9.17) is 5.73 Å². The van der Waals surface area contributed by atoms with Gasteiger partial charge < -0.3 is 5.73 Å². The highest BCUT2D eigenvalue weighted by Gasteiger charge is 2.38. The second kappa shape index (κ2) is 10.2. The number of carbonyl (C=O) groups excluding carboxylic acids is 1. The molecule has 0 unspecified atom stereocenters. The Morgan fingerprint density at radius 2 is 1.87 bits per heavy atom. The Balaban J connectivity index is 2.59. The molecule has 0 aliphatic heterocycles. The third-order valence-corrected chi connectivity index (χ3v) is 6.37. The molecule has 0 radical (unpaired) electrons. The lowest BCUT2D eigenvalue weighted by Gasteiger charge is -2.32. The average Bonchev–Trinajstić information content (AvgIpc) is 2.72. The summed E-state index contributed by atoms with van der Waals surface area (Å²) in [4.78, 5) is 12.4. The summed E-state index contributed by atoms with van der Waals surface area (Å²) < 4.78 is 28.1. The van der Waals surface area contributed by atoms with E-state index in [1.807, 2.05) is 24.3 Å². The number of carbonyl (C=O) groups is 1. The summed E-state index contributed by atoms with van der Waals surface area (Å²) >= 11 is 0. The van der Waals surface area contributed by atoms with Crippen molar-refractivity contribution in [3.05, 3.63) is 79.0 Å². The Hall–Kier alpha value is -2.94. The molecule has 4 N–H and O–H groups in total. The van der Waals surface area contributed by atoms with Crippen LogP contribution in [0.5, 0.6) is 0 Å². The molecule has 0 fully saturated rings. The Bertz CT molecular complexity index is 1070. The van der Waals surface area contributed by atoms with E-state index in [1.165, 1.54) is 6.07 Å². The standard InChI is InChI=1S/C22H27N3O4S/c1-4-5-6-11-19(23)15-25(21(16(2)3)22(26)24-27)30(28,29)20-13-12-17-9-7-8-10-18(17)14-20/h4-14,16,21,27H,1,15,23H2,2-3H3,(H,24,26)/b6-5-,19-11-/t21-/m1/s1. The molecule has 2 aromatic carbocycles. The predicted octanol–water partition coefficient (Wildman–Crippen LogP) is 2.95. The first-order chi connectivity index (χ1) is 14.2. The normalized spacial score (nSPS) is 13.8. The molecule has 0 aliphatic rings. The molecular weight excluding hydrogens is 402 g/mol. The molecule has 2 rings (SSSR count). The Morgan fingerprint density at radius 3 is 2.47 bits per heavy atom. The van der Waals surface area contributed by atoms with Crippen LogP contribution in [0, 0.1) is 5.92 Å².